The number of aryl methyl sites for hydroxylation is 1. The number of likely N-dealkylation sites (tertiary alicyclic amines) is 1. The van der Waals surface area contributed by atoms with Gasteiger partial charge in [0.1, 0.15) is 5.69 Å². The molecule has 1 aromatic rings. The summed E-state index contributed by atoms with van der Waals surface area (Å²) in [6.07, 6.45) is 3.12. The first-order valence-electron chi connectivity index (χ1n) is 6.91. The second kappa shape index (κ2) is 4.43. The van der Waals surface area contributed by atoms with Crippen LogP contribution >= 0.6 is 0 Å². The maximum atomic E-state index is 12.7. The second-order valence-corrected chi connectivity index (χ2v) is 5.46. The SMILES string of the molecule is CCn1cccc1C(=O)N1C(C)CC2CNCC21. The molecule has 3 atom stereocenters. The molecule has 0 aromatic carbocycles. The lowest BCUT2D eigenvalue weighted by Crippen LogP contribution is -2.43. The Morgan fingerprint density at radius 3 is 3.11 bits per heavy atom. The number of rotatable bonds is 2. The van der Waals surface area contributed by atoms with Crippen molar-refractivity contribution in [2.24, 2.45) is 5.92 Å². The van der Waals surface area contributed by atoms with Crippen molar-refractivity contribution in [1.82, 2.24) is 14.8 Å². The lowest BCUT2D eigenvalue weighted by Gasteiger charge is -2.28. The first-order chi connectivity index (χ1) is 8.72. The highest BCUT2D eigenvalue weighted by Crippen LogP contribution is 2.33. The zero-order chi connectivity index (χ0) is 12.7. The van der Waals surface area contributed by atoms with Crippen molar-refractivity contribution >= 4 is 5.91 Å². The number of nitrogens with zero attached hydrogens (tertiary/aromatic N) is 2. The van der Waals surface area contributed by atoms with Gasteiger partial charge in [-0.2, -0.15) is 0 Å². The molecule has 4 heteroatoms. The highest BCUT2D eigenvalue weighted by molar-refractivity contribution is 5.93. The number of carbonyl (C=O) groups excluding carboxylic acids is 1. The molecule has 0 bridgehead atoms. The van der Waals surface area contributed by atoms with Crippen LogP contribution in [0.4, 0.5) is 0 Å². The van der Waals surface area contributed by atoms with E-state index in [2.05, 4.69) is 24.1 Å². The van der Waals surface area contributed by atoms with Crippen molar-refractivity contribution in [2.45, 2.75) is 38.9 Å². The summed E-state index contributed by atoms with van der Waals surface area (Å²) in [4.78, 5) is 14.8. The molecule has 0 spiro atoms. The summed E-state index contributed by atoms with van der Waals surface area (Å²) in [6.45, 7) is 7.11. The number of carbonyl (C=O) groups is 1. The molecular formula is C14H21N3O. The largest absolute Gasteiger partial charge is 0.344 e. The molecule has 3 heterocycles. The van der Waals surface area contributed by atoms with E-state index in [0.29, 0.717) is 18.0 Å². The van der Waals surface area contributed by atoms with E-state index in [0.717, 1.165) is 31.7 Å². The molecular weight excluding hydrogens is 226 g/mol. The molecule has 0 saturated carbocycles. The van der Waals surface area contributed by atoms with Crippen LogP contribution in [0, 0.1) is 5.92 Å². The Morgan fingerprint density at radius 1 is 1.50 bits per heavy atom. The fraction of sp³-hybridized carbons (Fsp3) is 0.643. The number of aromatic nitrogens is 1. The molecule has 4 nitrogen and oxygen atoms in total. The minimum atomic E-state index is 0.200. The zero-order valence-electron chi connectivity index (χ0n) is 11.1. The number of nitrogens with one attached hydrogen (secondary N) is 1. The van der Waals surface area contributed by atoms with Gasteiger partial charge >= 0.3 is 0 Å². The third-order valence-electron chi connectivity index (χ3n) is 4.40. The van der Waals surface area contributed by atoms with E-state index in [9.17, 15) is 4.79 Å². The Balaban J connectivity index is 1.88. The number of hydrogen-bond acceptors (Lipinski definition) is 2. The molecule has 98 valence electrons. The lowest BCUT2D eigenvalue weighted by atomic mass is 10.0. The monoisotopic (exact) mass is 247 g/mol. The van der Waals surface area contributed by atoms with Crippen molar-refractivity contribution in [3.63, 3.8) is 0 Å². The highest BCUT2D eigenvalue weighted by atomic mass is 16.2. The van der Waals surface area contributed by atoms with Crippen molar-refractivity contribution in [3.05, 3.63) is 24.0 Å². The van der Waals surface area contributed by atoms with E-state index < -0.39 is 0 Å². The summed E-state index contributed by atoms with van der Waals surface area (Å²) in [5.41, 5.74) is 0.830. The van der Waals surface area contributed by atoms with Gasteiger partial charge in [0.15, 0.2) is 0 Å². The van der Waals surface area contributed by atoms with Crippen LogP contribution in [-0.4, -0.2) is 40.5 Å². The fourth-order valence-electron chi connectivity index (χ4n) is 3.53. The van der Waals surface area contributed by atoms with Gasteiger partial charge < -0.3 is 14.8 Å². The first kappa shape index (κ1) is 11.8. The Kier molecular flexibility index (Phi) is 2.90. The Hall–Kier alpha value is -1.29. The van der Waals surface area contributed by atoms with Crippen LogP contribution in [0.15, 0.2) is 18.3 Å². The zero-order valence-corrected chi connectivity index (χ0v) is 11.1. The standard InChI is InChI=1S/C14H21N3O/c1-3-16-6-4-5-12(16)14(18)17-10(2)7-11-8-15-9-13(11)17/h4-6,10-11,13,15H,3,7-9H2,1-2H3. The van der Waals surface area contributed by atoms with Crippen LogP contribution in [0.25, 0.3) is 0 Å². The van der Waals surface area contributed by atoms with Crippen LogP contribution in [0.5, 0.6) is 0 Å². The van der Waals surface area contributed by atoms with Gasteiger partial charge in [0.25, 0.3) is 5.91 Å². The van der Waals surface area contributed by atoms with Gasteiger partial charge in [0.05, 0.1) is 0 Å². The highest BCUT2D eigenvalue weighted by Gasteiger charge is 2.44. The Labute approximate surface area is 108 Å². The molecule has 3 rings (SSSR count). The number of hydrogen-bond donors (Lipinski definition) is 1. The van der Waals surface area contributed by atoms with Crippen molar-refractivity contribution < 1.29 is 4.79 Å². The van der Waals surface area contributed by atoms with Crippen molar-refractivity contribution in [3.8, 4) is 0 Å². The van der Waals surface area contributed by atoms with Crippen LogP contribution in [0.1, 0.15) is 30.8 Å². The van der Waals surface area contributed by atoms with Crippen LogP contribution in [0.2, 0.25) is 0 Å². The maximum Gasteiger partial charge on any atom is 0.271 e. The predicted octanol–water partition coefficient (Wildman–Crippen LogP) is 1.33. The van der Waals surface area contributed by atoms with E-state index in [1.54, 1.807) is 0 Å². The smallest absolute Gasteiger partial charge is 0.271 e. The van der Waals surface area contributed by atoms with Gasteiger partial charge in [-0.3, -0.25) is 4.79 Å². The maximum absolute atomic E-state index is 12.7. The van der Waals surface area contributed by atoms with Gasteiger partial charge in [-0.25, -0.2) is 0 Å². The van der Waals surface area contributed by atoms with E-state index in [1.165, 1.54) is 0 Å². The van der Waals surface area contributed by atoms with Crippen molar-refractivity contribution in [2.75, 3.05) is 13.1 Å². The fourth-order valence-corrected chi connectivity index (χ4v) is 3.53. The predicted molar refractivity (Wildman–Crippen MR) is 70.5 cm³/mol. The van der Waals surface area contributed by atoms with Gasteiger partial charge in [-0.1, -0.05) is 0 Å². The van der Waals surface area contributed by atoms with Gasteiger partial charge in [0, 0.05) is 37.9 Å². The third kappa shape index (κ3) is 1.67. The number of fused-ring (bicyclic) bond motifs is 1. The minimum absolute atomic E-state index is 0.200. The van der Waals surface area contributed by atoms with Crippen LogP contribution in [0.3, 0.4) is 0 Å². The molecule has 2 aliphatic rings. The van der Waals surface area contributed by atoms with Gasteiger partial charge in [0.2, 0.25) is 0 Å². The second-order valence-electron chi connectivity index (χ2n) is 5.46. The van der Waals surface area contributed by atoms with E-state index in [4.69, 9.17) is 0 Å². The lowest BCUT2D eigenvalue weighted by molar-refractivity contribution is 0.0671. The normalized spacial score (nSPS) is 30.8. The molecule has 18 heavy (non-hydrogen) atoms. The molecule has 1 aromatic heterocycles. The average Bonchev–Trinajstić information content (AvgIpc) is 3.01. The Bertz CT molecular complexity index is 454. The van der Waals surface area contributed by atoms with E-state index in [-0.39, 0.29) is 5.91 Å². The summed E-state index contributed by atoms with van der Waals surface area (Å²) < 4.78 is 2.03. The average molecular weight is 247 g/mol. The molecule has 3 unspecified atom stereocenters. The summed E-state index contributed by atoms with van der Waals surface area (Å²) in [6, 6.07) is 4.67. The third-order valence-corrected chi connectivity index (χ3v) is 4.40. The van der Waals surface area contributed by atoms with E-state index in [1.807, 2.05) is 22.9 Å². The van der Waals surface area contributed by atoms with Gasteiger partial charge in [-0.15, -0.1) is 0 Å². The molecule has 2 saturated heterocycles. The molecule has 2 fully saturated rings. The minimum Gasteiger partial charge on any atom is -0.344 e. The number of amides is 1. The Morgan fingerprint density at radius 2 is 2.33 bits per heavy atom. The van der Waals surface area contributed by atoms with Gasteiger partial charge in [-0.05, 0) is 38.3 Å². The molecule has 1 N–H and O–H groups in total. The topological polar surface area (TPSA) is 37.3 Å². The summed E-state index contributed by atoms with van der Waals surface area (Å²) >= 11 is 0. The molecule has 0 radical (unpaired) electrons. The summed E-state index contributed by atoms with van der Waals surface area (Å²) in [7, 11) is 0. The molecule has 0 aliphatic carbocycles. The van der Waals surface area contributed by atoms with Crippen LogP contribution in [-0.2, 0) is 6.54 Å². The molecule has 1 amide bonds. The first-order valence-corrected chi connectivity index (χ1v) is 6.91. The molecule has 2 aliphatic heterocycles. The van der Waals surface area contributed by atoms with Crippen LogP contribution < -0.4 is 5.32 Å². The quantitative estimate of drug-likeness (QED) is 0.856. The summed E-state index contributed by atoms with van der Waals surface area (Å²) in [5, 5.41) is 3.40. The van der Waals surface area contributed by atoms with E-state index >= 15 is 0 Å². The van der Waals surface area contributed by atoms with Crippen molar-refractivity contribution in [1.29, 1.82) is 0 Å². The summed E-state index contributed by atoms with van der Waals surface area (Å²) in [5.74, 6) is 0.847.